The van der Waals surface area contributed by atoms with Gasteiger partial charge in [0.25, 0.3) is 0 Å². The molecule has 4 heteroatoms. The lowest BCUT2D eigenvalue weighted by atomic mass is 9.72. The fraction of sp³-hybridized carbons (Fsp3) is 0.867. The van der Waals surface area contributed by atoms with Gasteiger partial charge in [0.05, 0.1) is 10.6 Å². The molecule has 4 unspecified atom stereocenters. The minimum Gasteiger partial charge on any atom is -0.312 e. The van der Waals surface area contributed by atoms with Crippen LogP contribution in [0.25, 0.3) is 0 Å². The van der Waals surface area contributed by atoms with Crippen molar-refractivity contribution in [2.24, 2.45) is 17.8 Å². The van der Waals surface area contributed by atoms with Gasteiger partial charge in [-0.1, -0.05) is 38.6 Å². The minimum absolute atomic E-state index is 0.437. The fourth-order valence-electron chi connectivity index (χ4n) is 3.29. The lowest BCUT2D eigenvalue weighted by Gasteiger charge is -2.36. The second kappa shape index (κ2) is 6.31. The summed E-state index contributed by atoms with van der Waals surface area (Å²) in [5.41, 5.74) is 1.19. The molecule has 19 heavy (non-hydrogen) atoms. The van der Waals surface area contributed by atoms with E-state index in [0.29, 0.717) is 12.0 Å². The number of nitrogens with zero attached hydrogens (tertiary/aromatic N) is 2. The summed E-state index contributed by atoms with van der Waals surface area (Å²) in [6, 6.07) is 0.437. The first-order valence-corrected chi connectivity index (χ1v) is 8.31. The van der Waals surface area contributed by atoms with E-state index in [-0.39, 0.29) is 0 Å². The zero-order valence-electron chi connectivity index (χ0n) is 12.8. The predicted molar refractivity (Wildman–Crippen MR) is 81.5 cm³/mol. The Bertz CT molecular complexity index is 402. The van der Waals surface area contributed by atoms with Crippen molar-refractivity contribution in [3.8, 4) is 0 Å². The van der Waals surface area contributed by atoms with Crippen molar-refractivity contribution in [2.75, 3.05) is 7.05 Å². The summed E-state index contributed by atoms with van der Waals surface area (Å²) in [5.74, 6) is 2.90. The third-order valence-electron chi connectivity index (χ3n) is 4.79. The van der Waals surface area contributed by atoms with E-state index >= 15 is 0 Å². The Morgan fingerprint density at radius 3 is 2.53 bits per heavy atom. The molecule has 1 saturated carbocycles. The summed E-state index contributed by atoms with van der Waals surface area (Å²) in [6.07, 6.45) is 4.00. The molecule has 2 rings (SSSR count). The molecular weight excluding hydrogens is 254 g/mol. The second-order valence-electron chi connectivity index (χ2n) is 6.47. The van der Waals surface area contributed by atoms with Crippen molar-refractivity contribution < 1.29 is 0 Å². The number of aromatic nitrogens is 2. The smallest absolute Gasteiger partial charge is 0.0829 e. The molecule has 0 amide bonds. The van der Waals surface area contributed by atoms with Crippen LogP contribution in [0.3, 0.4) is 0 Å². The predicted octanol–water partition coefficient (Wildman–Crippen LogP) is 3.99. The van der Waals surface area contributed by atoms with Crippen LogP contribution in [-0.4, -0.2) is 16.6 Å². The number of rotatable bonds is 4. The molecule has 1 aliphatic carbocycles. The van der Waals surface area contributed by atoms with E-state index in [1.165, 1.54) is 29.8 Å². The monoisotopic (exact) mass is 281 g/mol. The summed E-state index contributed by atoms with van der Waals surface area (Å²) in [5, 5.41) is 7.88. The normalized spacial score (nSPS) is 29.7. The lowest BCUT2D eigenvalue weighted by Crippen LogP contribution is -2.31. The topological polar surface area (TPSA) is 37.8 Å². The SMILES string of the molecule is CNC(c1snnc1C(C)C)C1CCC(C)C(C)C1. The van der Waals surface area contributed by atoms with Crippen LogP contribution < -0.4 is 5.32 Å². The summed E-state index contributed by atoms with van der Waals surface area (Å²) in [7, 11) is 2.08. The van der Waals surface area contributed by atoms with Gasteiger partial charge in [-0.05, 0) is 55.1 Å². The highest BCUT2D eigenvalue weighted by Crippen LogP contribution is 2.41. The standard InChI is InChI=1S/C15H27N3S/c1-9(2)13-15(19-18-17-13)14(16-5)12-7-6-10(3)11(4)8-12/h9-12,14,16H,6-8H2,1-5H3. The molecule has 1 N–H and O–H groups in total. The molecule has 4 atom stereocenters. The second-order valence-corrected chi connectivity index (χ2v) is 7.26. The largest absolute Gasteiger partial charge is 0.312 e. The lowest BCUT2D eigenvalue weighted by molar-refractivity contribution is 0.175. The van der Waals surface area contributed by atoms with Gasteiger partial charge in [-0.15, -0.1) is 5.10 Å². The molecule has 0 saturated heterocycles. The highest BCUT2D eigenvalue weighted by molar-refractivity contribution is 7.05. The van der Waals surface area contributed by atoms with Crippen molar-refractivity contribution in [1.82, 2.24) is 14.9 Å². The number of hydrogen-bond donors (Lipinski definition) is 1. The molecule has 1 aliphatic rings. The van der Waals surface area contributed by atoms with E-state index in [1.807, 2.05) is 0 Å². The van der Waals surface area contributed by atoms with Crippen LogP contribution in [0.4, 0.5) is 0 Å². The van der Waals surface area contributed by atoms with Gasteiger partial charge in [-0.2, -0.15) is 0 Å². The van der Waals surface area contributed by atoms with Gasteiger partial charge in [0, 0.05) is 6.04 Å². The Hall–Kier alpha value is -0.480. The van der Waals surface area contributed by atoms with E-state index in [4.69, 9.17) is 0 Å². The number of hydrogen-bond acceptors (Lipinski definition) is 4. The average Bonchev–Trinajstić information content (AvgIpc) is 2.84. The molecule has 1 aromatic heterocycles. The van der Waals surface area contributed by atoms with Crippen molar-refractivity contribution in [2.45, 2.75) is 58.9 Å². The van der Waals surface area contributed by atoms with Crippen LogP contribution in [0.15, 0.2) is 0 Å². The maximum atomic E-state index is 4.34. The van der Waals surface area contributed by atoms with Crippen LogP contribution in [0.1, 0.15) is 69.5 Å². The summed E-state index contributed by atoms with van der Waals surface area (Å²) >= 11 is 1.58. The van der Waals surface area contributed by atoms with Crippen LogP contribution in [0.2, 0.25) is 0 Å². The maximum absolute atomic E-state index is 4.34. The third-order valence-corrected chi connectivity index (χ3v) is 5.61. The maximum Gasteiger partial charge on any atom is 0.0829 e. The van der Waals surface area contributed by atoms with Gasteiger partial charge < -0.3 is 5.32 Å². The highest BCUT2D eigenvalue weighted by Gasteiger charge is 2.33. The molecule has 1 aromatic rings. The van der Waals surface area contributed by atoms with Gasteiger partial charge >= 0.3 is 0 Å². The molecular formula is C15H27N3S. The third kappa shape index (κ3) is 3.16. The average molecular weight is 281 g/mol. The van der Waals surface area contributed by atoms with Gasteiger partial charge in [0.1, 0.15) is 0 Å². The number of nitrogens with one attached hydrogen (secondary N) is 1. The molecule has 0 aromatic carbocycles. The van der Waals surface area contributed by atoms with E-state index in [9.17, 15) is 0 Å². The molecule has 108 valence electrons. The van der Waals surface area contributed by atoms with E-state index < -0.39 is 0 Å². The zero-order chi connectivity index (χ0) is 14.0. The summed E-state index contributed by atoms with van der Waals surface area (Å²) in [6.45, 7) is 9.21. The molecule has 0 radical (unpaired) electrons. The fourth-order valence-corrected chi connectivity index (χ4v) is 4.30. The van der Waals surface area contributed by atoms with E-state index in [1.54, 1.807) is 11.5 Å². The summed E-state index contributed by atoms with van der Waals surface area (Å²) in [4.78, 5) is 1.37. The van der Waals surface area contributed by atoms with Crippen molar-refractivity contribution >= 4 is 11.5 Å². The highest BCUT2D eigenvalue weighted by atomic mass is 32.1. The first-order valence-electron chi connectivity index (χ1n) is 7.54. The molecule has 0 aliphatic heterocycles. The Labute approximate surface area is 121 Å². The van der Waals surface area contributed by atoms with Crippen LogP contribution in [-0.2, 0) is 0 Å². The first-order chi connectivity index (χ1) is 9.04. The molecule has 1 fully saturated rings. The first kappa shape index (κ1) is 14.9. The Morgan fingerprint density at radius 1 is 1.21 bits per heavy atom. The van der Waals surface area contributed by atoms with E-state index in [2.05, 4.69) is 49.6 Å². The molecule has 3 nitrogen and oxygen atoms in total. The Kier molecular flexibility index (Phi) is 4.96. The minimum atomic E-state index is 0.437. The van der Waals surface area contributed by atoms with Crippen molar-refractivity contribution in [3.05, 3.63) is 10.6 Å². The van der Waals surface area contributed by atoms with E-state index in [0.717, 1.165) is 17.8 Å². The Balaban J connectivity index is 2.18. The molecule has 1 heterocycles. The van der Waals surface area contributed by atoms with Crippen LogP contribution in [0.5, 0.6) is 0 Å². The van der Waals surface area contributed by atoms with Crippen molar-refractivity contribution in [1.29, 1.82) is 0 Å². The zero-order valence-corrected chi connectivity index (χ0v) is 13.6. The molecule has 0 bridgehead atoms. The van der Waals surface area contributed by atoms with Gasteiger partial charge in [-0.25, -0.2) is 0 Å². The van der Waals surface area contributed by atoms with Crippen LogP contribution in [0, 0.1) is 17.8 Å². The van der Waals surface area contributed by atoms with Gasteiger partial charge in [-0.3, -0.25) is 0 Å². The Morgan fingerprint density at radius 2 is 1.95 bits per heavy atom. The quantitative estimate of drug-likeness (QED) is 0.906. The summed E-state index contributed by atoms with van der Waals surface area (Å²) < 4.78 is 4.19. The van der Waals surface area contributed by atoms with Gasteiger partial charge in [0.2, 0.25) is 0 Å². The van der Waals surface area contributed by atoms with Gasteiger partial charge in [0.15, 0.2) is 0 Å². The van der Waals surface area contributed by atoms with Crippen molar-refractivity contribution in [3.63, 3.8) is 0 Å². The molecule has 0 spiro atoms. The van der Waals surface area contributed by atoms with Crippen LogP contribution >= 0.6 is 11.5 Å².